The molecule has 3 nitrogen and oxygen atoms in total. The second kappa shape index (κ2) is 5.02. The molecule has 1 heterocycles. The standard InChI is InChI=1S/C9H8ClF2NO2/c1-15-8(14)4-7-5(10)2-3-6(13-7)9(11)12/h2-3,9H,4H2,1H3. The first-order valence-electron chi connectivity index (χ1n) is 4.05. The van der Waals surface area contributed by atoms with Crippen LogP contribution < -0.4 is 0 Å². The van der Waals surface area contributed by atoms with Gasteiger partial charge in [-0.3, -0.25) is 4.79 Å². The van der Waals surface area contributed by atoms with Gasteiger partial charge in [-0.2, -0.15) is 0 Å². The van der Waals surface area contributed by atoms with Gasteiger partial charge in [0.15, 0.2) is 0 Å². The molecule has 0 aromatic carbocycles. The van der Waals surface area contributed by atoms with Crippen molar-refractivity contribution in [1.29, 1.82) is 0 Å². The van der Waals surface area contributed by atoms with Crippen molar-refractivity contribution in [2.24, 2.45) is 0 Å². The van der Waals surface area contributed by atoms with Crippen LogP contribution in [0.25, 0.3) is 0 Å². The summed E-state index contributed by atoms with van der Waals surface area (Å²) in [6.07, 6.45) is -2.89. The first-order chi connectivity index (χ1) is 7.04. The fraction of sp³-hybridized carbons (Fsp3) is 0.333. The molecule has 0 spiro atoms. The van der Waals surface area contributed by atoms with Crippen LogP contribution in [-0.4, -0.2) is 18.1 Å². The number of hydrogen-bond donors (Lipinski definition) is 0. The molecule has 1 aromatic heterocycles. The van der Waals surface area contributed by atoms with E-state index in [0.29, 0.717) is 0 Å². The summed E-state index contributed by atoms with van der Waals surface area (Å²) in [4.78, 5) is 14.5. The molecule has 0 radical (unpaired) electrons. The summed E-state index contributed by atoms with van der Waals surface area (Å²) in [6, 6.07) is 2.40. The molecule has 0 aliphatic carbocycles. The molecule has 0 aliphatic heterocycles. The van der Waals surface area contributed by atoms with Crippen molar-refractivity contribution in [3.05, 3.63) is 28.5 Å². The molecule has 0 amide bonds. The molecule has 15 heavy (non-hydrogen) atoms. The monoisotopic (exact) mass is 235 g/mol. The van der Waals surface area contributed by atoms with Crippen LogP contribution in [0.4, 0.5) is 8.78 Å². The van der Waals surface area contributed by atoms with Gasteiger partial charge < -0.3 is 4.74 Å². The number of carbonyl (C=O) groups is 1. The Morgan fingerprint density at radius 1 is 1.60 bits per heavy atom. The van der Waals surface area contributed by atoms with Gasteiger partial charge >= 0.3 is 5.97 Å². The maximum Gasteiger partial charge on any atom is 0.311 e. The van der Waals surface area contributed by atoms with E-state index >= 15 is 0 Å². The molecule has 82 valence electrons. The maximum absolute atomic E-state index is 12.3. The SMILES string of the molecule is COC(=O)Cc1nc(C(F)F)ccc1Cl. The van der Waals surface area contributed by atoms with Crippen LogP contribution in [0, 0.1) is 0 Å². The Hall–Kier alpha value is -1.23. The second-order valence-corrected chi connectivity index (χ2v) is 3.13. The lowest BCUT2D eigenvalue weighted by molar-refractivity contribution is -0.139. The van der Waals surface area contributed by atoms with Crippen LogP contribution in [-0.2, 0) is 16.0 Å². The summed E-state index contributed by atoms with van der Waals surface area (Å²) < 4.78 is 28.9. The molecule has 0 bridgehead atoms. The number of rotatable bonds is 3. The van der Waals surface area contributed by atoms with Gasteiger partial charge in [-0.25, -0.2) is 13.8 Å². The topological polar surface area (TPSA) is 39.2 Å². The Kier molecular flexibility index (Phi) is 3.96. The number of carbonyl (C=O) groups excluding carboxylic acids is 1. The molecule has 0 saturated carbocycles. The van der Waals surface area contributed by atoms with Crippen molar-refractivity contribution >= 4 is 17.6 Å². The summed E-state index contributed by atoms with van der Waals surface area (Å²) in [6.45, 7) is 0. The summed E-state index contributed by atoms with van der Waals surface area (Å²) >= 11 is 5.69. The van der Waals surface area contributed by atoms with Gasteiger partial charge in [-0.1, -0.05) is 11.6 Å². The van der Waals surface area contributed by atoms with Crippen LogP contribution in [0.3, 0.4) is 0 Å². The Morgan fingerprint density at radius 3 is 2.80 bits per heavy atom. The highest BCUT2D eigenvalue weighted by molar-refractivity contribution is 6.31. The van der Waals surface area contributed by atoms with Crippen molar-refractivity contribution in [2.75, 3.05) is 7.11 Å². The quantitative estimate of drug-likeness (QED) is 0.755. The lowest BCUT2D eigenvalue weighted by Gasteiger charge is -2.05. The van der Waals surface area contributed by atoms with E-state index in [-0.39, 0.29) is 17.1 Å². The zero-order valence-corrected chi connectivity index (χ0v) is 8.59. The van der Waals surface area contributed by atoms with E-state index in [1.165, 1.54) is 13.2 Å². The number of halogens is 3. The number of ether oxygens (including phenoxy) is 1. The molecular formula is C9H8ClF2NO2. The molecule has 6 heteroatoms. The second-order valence-electron chi connectivity index (χ2n) is 2.72. The molecule has 0 N–H and O–H groups in total. The van der Waals surface area contributed by atoms with E-state index in [9.17, 15) is 13.6 Å². The molecule has 0 atom stereocenters. The molecule has 1 rings (SSSR count). The summed E-state index contributed by atoms with van der Waals surface area (Å²) in [7, 11) is 1.20. The molecular weight excluding hydrogens is 228 g/mol. The van der Waals surface area contributed by atoms with E-state index in [1.54, 1.807) is 0 Å². The number of pyridine rings is 1. The van der Waals surface area contributed by atoms with Gasteiger partial charge in [-0.15, -0.1) is 0 Å². The third kappa shape index (κ3) is 3.13. The minimum absolute atomic E-state index is 0.0984. The third-order valence-corrected chi connectivity index (χ3v) is 2.05. The van der Waals surface area contributed by atoms with Gasteiger partial charge in [0, 0.05) is 0 Å². The molecule has 0 aliphatic rings. The van der Waals surface area contributed by atoms with Crippen LogP contribution >= 0.6 is 11.6 Å². The van der Waals surface area contributed by atoms with E-state index in [4.69, 9.17) is 11.6 Å². The van der Waals surface area contributed by atoms with E-state index in [2.05, 4.69) is 9.72 Å². The number of methoxy groups -OCH3 is 1. The van der Waals surface area contributed by atoms with Crippen molar-refractivity contribution in [1.82, 2.24) is 4.98 Å². The highest BCUT2D eigenvalue weighted by Gasteiger charge is 2.14. The summed E-state index contributed by atoms with van der Waals surface area (Å²) in [5, 5.41) is 0.171. The van der Waals surface area contributed by atoms with Crippen molar-refractivity contribution in [3.63, 3.8) is 0 Å². The average Bonchev–Trinajstić information content (AvgIpc) is 2.20. The van der Waals surface area contributed by atoms with Crippen LogP contribution in [0.15, 0.2) is 12.1 Å². The first kappa shape index (κ1) is 11.8. The van der Waals surface area contributed by atoms with Crippen molar-refractivity contribution in [2.45, 2.75) is 12.8 Å². The largest absolute Gasteiger partial charge is 0.469 e. The van der Waals surface area contributed by atoms with Crippen LogP contribution in [0.1, 0.15) is 17.8 Å². The normalized spacial score (nSPS) is 10.5. The lowest BCUT2D eigenvalue weighted by Crippen LogP contribution is -2.08. The minimum Gasteiger partial charge on any atom is -0.469 e. The first-order valence-corrected chi connectivity index (χ1v) is 4.42. The van der Waals surface area contributed by atoms with Gasteiger partial charge in [-0.05, 0) is 12.1 Å². The van der Waals surface area contributed by atoms with E-state index < -0.39 is 18.1 Å². The summed E-state index contributed by atoms with van der Waals surface area (Å²) in [5.74, 6) is -0.573. The van der Waals surface area contributed by atoms with Gasteiger partial charge in [0.1, 0.15) is 5.69 Å². The smallest absolute Gasteiger partial charge is 0.311 e. The Morgan fingerprint density at radius 2 is 2.27 bits per heavy atom. The zero-order chi connectivity index (χ0) is 11.4. The molecule has 0 saturated heterocycles. The molecule has 0 fully saturated rings. The van der Waals surface area contributed by atoms with Crippen molar-refractivity contribution in [3.8, 4) is 0 Å². The number of alkyl halides is 2. The predicted octanol–water partition coefficient (Wildman–Crippen LogP) is 2.39. The Labute approximate surface area is 90.0 Å². The maximum atomic E-state index is 12.3. The van der Waals surface area contributed by atoms with Gasteiger partial charge in [0.25, 0.3) is 6.43 Å². The number of aromatic nitrogens is 1. The lowest BCUT2D eigenvalue weighted by atomic mass is 10.2. The molecule has 0 unspecified atom stereocenters. The fourth-order valence-electron chi connectivity index (χ4n) is 0.956. The van der Waals surface area contributed by atoms with Gasteiger partial charge in [0.05, 0.1) is 24.2 Å². The van der Waals surface area contributed by atoms with E-state index in [0.717, 1.165) is 6.07 Å². The highest BCUT2D eigenvalue weighted by Crippen LogP contribution is 2.21. The molecule has 1 aromatic rings. The van der Waals surface area contributed by atoms with E-state index in [1.807, 2.05) is 0 Å². The Balaban J connectivity index is 2.95. The highest BCUT2D eigenvalue weighted by atomic mass is 35.5. The third-order valence-electron chi connectivity index (χ3n) is 1.70. The van der Waals surface area contributed by atoms with Crippen molar-refractivity contribution < 1.29 is 18.3 Å². The minimum atomic E-state index is -2.68. The fourth-order valence-corrected chi connectivity index (χ4v) is 1.13. The zero-order valence-electron chi connectivity index (χ0n) is 7.84. The Bertz CT molecular complexity index is 371. The van der Waals surface area contributed by atoms with Gasteiger partial charge in [0.2, 0.25) is 0 Å². The predicted molar refractivity (Wildman–Crippen MR) is 49.9 cm³/mol. The average molecular weight is 236 g/mol. The number of nitrogens with zero attached hydrogens (tertiary/aromatic N) is 1. The van der Waals surface area contributed by atoms with Crippen LogP contribution in [0.5, 0.6) is 0 Å². The number of esters is 1. The number of hydrogen-bond acceptors (Lipinski definition) is 3. The summed E-state index contributed by atoms with van der Waals surface area (Å²) in [5.41, 5.74) is -0.306. The van der Waals surface area contributed by atoms with Crippen LogP contribution in [0.2, 0.25) is 5.02 Å².